The molecule has 2 atom stereocenters. The van der Waals surface area contributed by atoms with Crippen LogP contribution >= 0.6 is 0 Å². The van der Waals surface area contributed by atoms with Crippen LogP contribution in [-0.2, 0) is 9.84 Å². The average molecular weight is 176 g/mol. The fraction of sp³-hybridized carbons (Fsp3) is 1.00. The minimum absolute atomic E-state index is 0.146. The third-order valence-electron chi connectivity index (χ3n) is 2.16. The Labute approximate surface area is 66.3 Å². The van der Waals surface area contributed by atoms with Crippen molar-refractivity contribution in [2.75, 3.05) is 24.6 Å². The van der Waals surface area contributed by atoms with Gasteiger partial charge in [0.05, 0.1) is 11.5 Å². The summed E-state index contributed by atoms with van der Waals surface area (Å²) in [5.74, 6) is 0.604. The molecule has 0 aromatic carbocycles. The minimum atomic E-state index is -2.74. The Balaban J connectivity index is 2.18. The molecule has 4 nitrogen and oxygen atoms in total. The molecule has 0 aromatic rings. The molecule has 11 heavy (non-hydrogen) atoms. The first kappa shape index (κ1) is 7.52. The van der Waals surface area contributed by atoms with Crippen molar-refractivity contribution in [1.29, 1.82) is 0 Å². The number of rotatable bonds is 0. The van der Waals surface area contributed by atoms with Crippen molar-refractivity contribution in [3.63, 3.8) is 0 Å². The zero-order chi connectivity index (χ0) is 7.90. The van der Waals surface area contributed by atoms with E-state index in [0.717, 1.165) is 13.1 Å². The van der Waals surface area contributed by atoms with E-state index in [1.54, 1.807) is 0 Å². The third kappa shape index (κ3) is 1.55. The second kappa shape index (κ2) is 2.43. The molecular weight excluding hydrogens is 164 g/mol. The summed E-state index contributed by atoms with van der Waals surface area (Å²) >= 11 is 0. The topological polar surface area (TPSA) is 58.2 Å². The summed E-state index contributed by atoms with van der Waals surface area (Å²) in [5.41, 5.74) is 0. The maximum atomic E-state index is 11.2. The van der Waals surface area contributed by atoms with Gasteiger partial charge in [-0.25, -0.2) is 8.42 Å². The Kier molecular flexibility index (Phi) is 1.66. The standard InChI is InChI=1S/C6H12N2O2S/c9-11(10)3-5-1-7-2-6(4-11)8-5/h5-8H,1-4H2. The smallest absolute Gasteiger partial charge is 0.153 e. The molecule has 2 heterocycles. The normalized spacial score (nSPS) is 41.8. The number of hydrogen-bond acceptors (Lipinski definition) is 4. The summed E-state index contributed by atoms with van der Waals surface area (Å²) < 4.78 is 22.4. The van der Waals surface area contributed by atoms with Gasteiger partial charge in [-0.15, -0.1) is 0 Å². The molecule has 0 spiro atoms. The van der Waals surface area contributed by atoms with Crippen LogP contribution < -0.4 is 10.6 Å². The van der Waals surface area contributed by atoms with E-state index < -0.39 is 9.84 Å². The molecule has 2 N–H and O–H groups in total. The van der Waals surface area contributed by atoms with Crippen LogP contribution in [0.25, 0.3) is 0 Å². The van der Waals surface area contributed by atoms with Gasteiger partial charge in [0.15, 0.2) is 9.84 Å². The van der Waals surface area contributed by atoms with Crippen molar-refractivity contribution in [2.45, 2.75) is 12.1 Å². The predicted molar refractivity (Wildman–Crippen MR) is 42.2 cm³/mol. The fourth-order valence-electron chi connectivity index (χ4n) is 1.78. The SMILES string of the molecule is O=S1(=O)CC2CNCC(C1)N2. The molecule has 2 unspecified atom stereocenters. The van der Waals surface area contributed by atoms with Gasteiger partial charge in [0.1, 0.15) is 0 Å². The van der Waals surface area contributed by atoms with Gasteiger partial charge in [-0.05, 0) is 0 Å². The van der Waals surface area contributed by atoms with E-state index in [9.17, 15) is 8.42 Å². The molecule has 0 amide bonds. The molecule has 2 saturated heterocycles. The van der Waals surface area contributed by atoms with Crippen LogP contribution in [0.2, 0.25) is 0 Å². The highest BCUT2D eigenvalue weighted by Crippen LogP contribution is 2.08. The van der Waals surface area contributed by atoms with Crippen molar-refractivity contribution < 1.29 is 8.42 Å². The second-order valence-electron chi connectivity index (χ2n) is 3.30. The molecule has 0 aliphatic carbocycles. The molecule has 0 radical (unpaired) electrons. The molecule has 2 fully saturated rings. The summed E-state index contributed by atoms with van der Waals surface area (Å²) in [6.45, 7) is 1.57. The van der Waals surface area contributed by atoms with Crippen molar-refractivity contribution in [1.82, 2.24) is 10.6 Å². The van der Waals surface area contributed by atoms with Gasteiger partial charge >= 0.3 is 0 Å². The quantitative estimate of drug-likeness (QED) is 0.464. The molecule has 2 aliphatic heterocycles. The largest absolute Gasteiger partial charge is 0.314 e. The van der Waals surface area contributed by atoms with E-state index in [1.165, 1.54) is 0 Å². The van der Waals surface area contributed by atoms with Crippen molar-refractivity contribution in [3.05, 3.63) is 0 Å². The highest BCUT2D eigenvalue weighted by atomic mass is 32.2. The summed E-state index contributed by atoms with van der Waals surface area (Å²) in [4.78, 5) is 0. The zero-order valence-corrected chi connectivity index (χ0v) is 7.02. The molecule has 0 aromatic heterocycles. The van der Waals surface area contributed by atoms with Crippen LogP contribution in [0.15, 0.2) is 0 Å². The van der Waals surface area contributed by atoms with Crippen LogP contribution in [0.1, 0.15) is 0 Å². The molecule has 64 valence electrons. The number of fused-ring (bicyclic) bond motifs is 2. The first-order chi connectivity index (χ1) is 5.16. The van der Waals surface area contributed by atoms with E-state index in [0.29, 0.717) is 11.5 Å². The van der Waals surface area contributed by atoms with Crippen molar-refractivity contribution in [2.24, 2.45) is 0 Å². The molecule has 5 heteroatoms. The predicted octanol–water partition coefficient (Wildman–Crippen LogP) is -1.66. The number of hydrogen-bond donors (Lipinski definition) is 2. The van der Waals surface area contributed by atoms with Crippen molar-refractivity contribution >= 4 is 9.84 Å². The Morgan fingerprint density at radius 1 is 1.09 bits per heavy atom. The lowest BCUT2D eigenvalue weighted by Gasteiger charge is -2.35. The van der Waals surface area contributed by atoms with E-state index in [-0.39, 0.29) is 12.1 Å². The Morgan fingerprint density at radius 2 is 1.64 bits per heavy atom. The Hall–Kier alpha value is -0.130. The first-order valence-corrected chi connectivity index (χ1v) is 5.65. The zero-order valence-electron chi connectivity index (χ0n) is 6.21. The van der Waals surface area contributed by atoms with Crippen LogP contribution in [-0.4, -0.2) is 45.1 Å². The van der Waals surface area contributed by atoms with Gasteiger partial charge in [0, 0.05) is 25.2 Å². The van der Waals surface area contributed by atoms with Gasteiger partial charge in [0.2, 0.25) is 0 Å². The molecular formula is C6H12N2O2S. The minimum Gasteiger partial charge on any atom is -0.314 e. The number of sulfone groups is 1. The first-order valence-electron chi connectivity index (χ1n) is 3.83. The lowest BCUT2D eigenvalue weighted by molar-refractivity contribution is 0.355. The van der Waals surface area contributed by atoms with Crippen LogP contribution in [0.4, 0.5) is 0 Å². The van der Waals surface area contributed by atoms with Crippen LogP contribution in [0.3, 0.4) is 0 Å². The Morgan fingerprint density at radius 3 is 2.18 bits per heavy atom. The van der Waals surface area contributed by atoms with Crippen LogP contribution in [0, 0.1) is 0 Å². The van der Waals surface area contributed by atoms with Gasteiger partial charge in [-0.2, -0.15) is 0 Å². The van der Waals surface area contributed by atoms with E-state index in [4.69, 9.17) is 0 Å². The molecule has 2 rings (SSSR count). The summed E-state index contributed by atoms with van der Waals surface area (Å²) in [6, 6.07) is 0.292. The Bertz CT molecular complexity index is 231. The summed E-state index contributed by atoms with van der Waals surface area (Å²) in [6.07, 6.45) is 0. The third-order valence-corrected chi connectivity index (χ3v) is 3.98. The second-order valence-corrected chi connectivity index (χ2v) is 5.45. The van der Waals surface area contributed by atoms with E-state index >= 15 is 0 Å². The van der Waals surface area contributed by atoms with Crippen molar-refractivity contribution in [3.8, 4) is 0 Å². The number of piperazine rings is 1. The summed E-state index contributed by atoms with van der Waals surface area (Å²) in [5, 5.41) is 6.46. The maximum Gasteiger partial charge on any atom is 0.153 e. The molecule has 2 aliphatic rings. The van der Waals surface area contributed by atoms with Gasteiger partial charge in [0.25, 0.3) is 0 Å². The van der Waals surface area contributed by atoms with Crippen LogP contribution in [0.5, 0.6) is 0 Å². The lowest BCUT2D eigenvalue weighted by atomic mass is 10.2. The average Bonchev–Trinajstić information content (AvgIpc) is 1.82. The fourth-order valence-corrected chi connectivity index (χ4v) is 3.57. The number of nitrogens with one attached hydrogen (secondary N) is 2. The van der Waals surface area contributed by atoms with E-state index in [1.807, 2.05) is 0 Å². The van der Waals surface area contributed by atoms with Gasteiger partial charge < -0.3 is 10.6 Å². The summed E-state index contributed by atoms with van der Waals surface area (Å²) in [7, 11) is -2.74. The van der Waals surface area contributed by atoms with Gasteiger partial charge in [-0.3, -0.25) is 0 Å². The highest BCUT2D eigenvalue weighted by molar-refractivity contribution is 7.91. The molecule has 0 saturated carbocycles. The highest BCUT2D eigenvalue weighted by Gasteiger charge is 2.33. The van der Waals surface area contributed by atoms with Gasteiger partial charge in [-0.1, -0.05) is 0 Å². The molecule has 2 bridgehead atoms. The maximum absolute atomic E-state index is 11.2. The van der Waals surface area contributed by atoms with E-state index in [2.05, 4.69) is 10.6 Å². The monoisotopic (exact) mass is 176 g/mol. The lowest BCUT2D eigenvalue weighted by Crippen LogP contribution is -2.63.